The Kier molecular flexibility index (Phi) is 8.20. The molecule has 0 amide bonds. The van der Waals surface area contributed by atoms with Gasteiger partial charge in [0.1, 0.15) is 0 Å². The van der Waals surface area contributed by atoms with E-state index in [9.17, 15) is 0 Å². The first-order valence-electron chi connectivity index (χ1n) is 3.02. The summed E-state index contributed by atoms with van der Waals surface area (Å²) in [6.45, 7) is 2.15. The van der Waals surface area contributed by atoms with E-state index in [-0.39, 0.29) is 0 Å². The van der Waals surface area contributed by atoms with E-state index < -0.39 is 0 Å². The van der Waals surface area contributed by atoms with Crippen LogP contribution in [-0.4, -0.2) is 30.7 Å². The third-order valence-electron chi connectivity index (χ3n) is 0.841. The maximum absolute atomic E-state index is 4.90. The summed E-state index contributed by atoms with van der Waals surface area (Å²) in [5, 5.41) is 0. The zero-order valence-corrected chi connectivity index (χ0v) is 8.26. The molecular weight excluding hydrogens is 168 g/mol. The van der Waals surface area contributed by atoms with Gasteiger partial charge < -0.3 is 9.47 Å². The van der Waals surface area contributed by atoms with E-state index in [0.29, 0.717) is 4.58 Å². The van der Waals surface area contributed by atoms with Crippen LogP contribution in [0.1, 0.15) is 6.92 Å². The number of methoxy groups -OCH3 is 2. The Balaban J connectivity index is 3.00. The monoisotopic (exact) mass is 182 g/mol. The fourth-order valence-electron chi connectivity index (χ4n) is 0.376. The van der Waals surface area contributed by atoms with Gasteiger partial charge in [-0.1, -0.05) is 0 Å². The van der Waals surface area contributed by atoms with Gasteiger partial charge in [0.15, 0.2) is 0 Å². The molecule has 0 saturated carbocycles. The maximum Gasteiger partial charge on any atom is 0.0928 e. The molecule has 0 bridgehead atoms. The van der Waals surface area contributed by atoms with Crippen LogP contribution in [0.3, 0.4) is 0 Å². The van der Waals surface area contributed by atoms with E-state index in [0.717, 1.165) is 11.9 Å². The number of thioether (sulfide) groups is 2. The van der Waals surface area contributed by atoms with Crippen LogP contribution in [0.15, 0.2) is 0 Å². The topological polar surface area (TPSA) is 18.5 Å². The highest BCUT2D eigenvalue weighted by molar-refractivity contribution is 8.16. The van der Waals surface area contributed by atoms with E-state index in [1.165, 1.54) is 0 Å². The SMILES string of the molecule is COCSC(C)SCOC. The average Bonchev–Trinajstić information content (AvgIpc) is 1.97. The van der Waals surface area contributed by atoms with Gasteiger partial charge in [0.05, 0.1) is 16.5 Å². The molecule has 0 radical (unpaired) electrons. The van der Waals surface area contributed by atoms with Crippen LogP contribution in [0.5, 0.6) is 0 Å². The molecule has 0 heterocycles. The van der Waals surface area contributed by atoms with Crippen molar-refractivity contribution in [1.82, 2.24) is 0 Å². The van der Waals surface area contributed by atoms with Crippen molar-refractivity contribution >= 4 is 23.5 Å². The molecule has 10 heavy (non-hydrogen) atoms. The predicted molar refractivity (Wildman–Crippen MR) is 48.4 cm³/mol. The fraction of sp³-hybridized carbons (Fsp3) is 1.00. The normalized spacial score (nSPS) is 10.8. The Hall–Kier alpha value is 0.620. The van der Waals surface area contributed by atoms with Crippen LogP contribution in [-0.2, 0) is 9.47 Å². The third-order valence-corrected chi connectivity index (χ3v) is 3.34. The van der Waals surface area contributed by atoms with Crippen LogP contribution in [0, 0.1) is 0 Å². The van der Waals surface area contributed by atoms with Crippen molar-refractivity contribution in [2.75, 3.05) is 26.1 Å². The van der Waals surface area contributed by atoms with Gasteiger partial charge in [0, 0.05) is 14.2 Å². The van der Waals surface area contributed by atoms with E-state index >= 15 is 0 Å². The molecular formula is C6H14O2S2. The first kappa shape index (κ1) is 10.6. The molecule has 0 spiro atoms. The Bertz CT molecular complexity index is 62.8. The summed E-state index contributed by atoms with van der Waals surface area (Å²) >= 11 is 3.55. The first-order chi connectivity index (χ1) is 4.81. The lowest BCUT2D eigenvalue weighted by Gasteiger charge is -2.08. The lowest BCUT2D eigenvalue weighted by molar-refractivity contribution is 0.257. The van der Waals surface area contributed by atoms with Crippen molar-refractivity contribution in [1.29, 1.82) is 0 Å². The molecule has 0 aromatic rings. The van der Waals surface area contributed by atoms with Gasteiger partial charge in [-0.2, -0.15) is 0 Å². The Morgan fingerprint density at radius 1 is 1.10 bits per heavy atom. The van der Waals surface area contributed by atoms with Gasteiger partial charge in [-0.05, 0) is 6.92 Å². The van der Waals surface area contributed by atoms with Gasteiger partial charge in [-0.25, -0.2) is 0 Å². The molecule has 0 rings (SSSR count). The molecule has 0 aliphatic carbocycles. The molecule has 2 nitrogen and oxygen atoms in total. The second-order valence-corrected chi connectivity index (χ2v) is 4.56. The van der Waals surface area contributed by atoms with Gasteiger partial charge in [-0.3, -0.25) is 0 Å². The summed E-state index contributed by atoms with van der Waals surface area (Å²) in [5.41, 5.74) is 0. The first-order valence-corrected chi connectivity index (χ1v) is 5.12. The Labute approximate surface area is 71.0 Å². The van der Waals surface area contributed by atoms with Crippen molar-refractivity contribution < 1.29 is 9.47 Å². The molecule has 0 saturated heterocycles. The lowest BCUT2D eigenvalue weighted by atomic mass is 11.0. The lowest BCUT2D eigenvalue weighted by Crippen LogP contribution is -1.95. The second kappa shape index (κ2) is 7.72. The minimum Gasteiger partial charge on any atom is -0.374 e. The largest absolute Gasteiger partial charge is 0.374 e. The molecule has 62 valence electrons. The van der Waals surface area contributed by atoms with E-state index in [4.69, 9.17) is 9.47 Å². The summed E-state index contributed by atoms with van der Waals surface area (Å²) in [4.78, 5) is 0. The van der Waals surface area contributed by atoms with Crippen molar-refractivity contribution in [2.24, 2.45) is 0 Å². The summed E-state index contributed by atoms with van der Waals surface area (Å²) in [6.07, 6.45) is 0. The highest BCUT2D eigenvalue weighted by atomic mass is 32.2. The van der Waals surface area contributed by atoms with Crippen molar-refractivity contribution in [3.63, 3.8) is 0 Å². The quantitative estimate of drug-likeness (QED) is 0.585. The number of rotatable bonds is 6. The Morgan fingerprint density at radius 2 is 1.50 bits per heavy atom. The molecule has 0 atom stereocenters. The maximum atomic E-state index is 4.90. The minimum atomic E-state index is 0.555. The van der Waals surface area contributed by atoms with Gasteiger partial charge in [0.25, 0.3) is 0 Å². The summed E-state index contributed by atoms with van der Waals surface area (Å²) in [6, 6.07) is 0. The standard InChI is InChI=1S/C6H14O2S2/c1-6(9-4-7-2)10-5-8-3/h6H,4-5H2,1-3H3. The van der Waals surface area contributed by atoms with Gasteiger partial charge >= 0.3 is 0 Å². The predicted octanol–water partition coefficient (Wildman–Crippen LogP) is 2.01. The average molecular weight is 182 g/mol. The molecule has 0 fully saturated rings. The van der Waals surface area contributed by atoms with Gasteiger partial charge in [0.2, 0.25) is 0 Å². The summed E-state index contributed by atoms with van der Waals surface area (Å²) in [5.74, 6) is 1.52. The van der Waals surface area contributed by atoms with E-state index in [1.54, 1.807) is 37.7 Å². The number of hydrogen-bond donors (Lipinski definition) is 0. The van der Waals surface area contributed by atoms with Crippen molar-refractivity contribution in [3.8, 4) is 0 Å². The molecule has 4 heteroatoms. The minimum absolute atomic E-state index is 0.555. The fourth-order valence-corrected chi connectivity index (χ4v) is 1.75. The zero-order valence-electron chi connectivity index (χ0n) is 6.62. The zero-order chi connectivity index (χ0) is 7.82. The van der Waals surface area contributed by atoms with Crippen LogP contribution in [0.2, 0.25) is 0 Å². The van der Waals surface area contributed by atoms with E-state index in [1.807, 2.05) is 0 Å². The van der Waals surface area contributed by atoms with Gasteiger partial charge in [-0.15, -0.1) is 23.5 Å². The molecule has 0 N–H and O–H groups in total. The molecule has 0 aliphatic rings. The van der Waals surface area contributed by atoms with Crippen LogP contribution < -0.4 is 0 Å². The van der Waals surface area contributed by atoms with Crippen molar-refractivity contribution in [2.45, 2.75) is 11.5 Å². The highest BCUT2D eigenvalue weighted by Gasteiger charge is 2.00. The second-order valence-electron chi connectivity index (χ2n) is 1.71. The molecule has 0 aliphatic heterocycles. The van der Waals surface area contributed by atoms with Crippen LogP contribution in [0.25, 0.3) is 0 Å². The van der Waals surface area contributed by atoms with Crippen LogP contribution in [0.4, 0.5) is 0 Å². The van der Waals surface area contributed by atoms with Crippen molar-refractivity contribution in [3.05, 3.63) is 0 Å². The third kappa shape index (κ3) is 6.74. The number of hydrogen-bond acceptors (Lipinski definition) is 4. The molecule has 0 aromatic heterocycles. The van der Waals surface area contributed by atoms with Crippen LogP contribution >= 0.6 is 23.5 Å². The highest BCUT2D eigenvalue weighted by Crippen LogP contribution is 2.22. The number of ether oxygens (including phenoxy) is 2. The smallest absolute Gasteiger partial charge is 0.0928 e. The summed E-state index contributed by atoms with van der Waals surface area (Å²) in [7, 11) is 3.42. The van der Waals surface area contributed by atoms with E-state index in [2.05, 4.69) is 6.92 Å². The molecule has 0 aromatic carbocycles. The Morgan fingerprint density at radius 3 is 1.80 bits per heavy atom. The summed E-state index contributed by atoms with van der Waals surface area (Å²) < 4.78 is 10.4. The molecule has 0 unspecified atom stereocenters.